The molecule has 19 nitrogen and oxygen atoms in total. The summed E-state index contributed by atoms with van der Waals surface area (Å²) in [6, 6.07) is 57.4. The number of rotatable bonds is 36. The molecule has 8 atom stereocenters. The molecule has 7 N–H and O–H groups in total. The Morgan fingerprint density at radius 1 is 0.343 bits per heavy atom. The molecule has 534 valence electrons. The Morgan fingerprint density at radius 2 is 0.676 bits per heavy atom. The highest BCUT2D eigenvalue weighted by atomic mass is 16.4. The molecule has 7 rings (SSSR count). The third-order valence-electron chi connectivity index (χ3n) is 16.7. The largest absolute Gasteiger partial charge is 0.481 e. The van der Waals surface area contributed by atoms with E-state index in [4.69, 9.17) is 10.2 Å². The zero-order valence-electron chi connectivity index (χ0n) is 58.7. The number of carboxylic acids is 3. The minimum Gasteiger partial charge on any atom is -0.481 e. The quantitative estimate of drug-likeness (QED) is 0.0180. The lowest BCUT2D eigenvalue weighted by Gasteiger charge is -2.23. The van der Waals surface area contributed by atoms with E-state index in [2.05, 4.69) is 132 Å². The van der Waals surface area contributed by atoms with Gasteiger partial charge in [-0.15, -0.1) is 0 Å². The van der Waals surface area contributed by atoms with Crippen LogP contribution in [0.1, 0.15) is 129 Å². The highest BCUT2D eigenvalue weighted by molar-refractivity contribution is 5.97. The summed E-state index contributed by atoms with van der Waals surface area (Å²) >= 11 is 0. The SMILES string of the molecule is CC(=O)C[C@@H](Cc1ccccc1)C(=O)N[C@@H](C)C(=O)C[C@@H](Cc1ccccc1)C(=O)N[C@@H](CC(=O)O)C(=O)O.CC(=O)N[C@@H](Cc1ccccc1)C(=O)C[C@@H](C)C(=O)N[C@@H](Cc1ccccc1)C(=O)C[C@@H](CC(=O)O)C(C)=O.Cc1ccc(/C=C/c2ccc(/C=C/c3ccc(C)cc3)cc2)cc1. The maximum atomic E-state index is 13.2. The lowest BCUT2D eigenvalue weighted by molar-refractivity contribution is -0.147. The maximum absolute atomic E-state index is 13.2. The fourth-order valence-corrected chi connectivity index (χ4v) is 10.9. The second-order valence-corrected chi connectivity index (χ2v) is 25.6. The minimum atomic E-state index is -1.66. The Hall–Kier alpha value is -11.3. The molecule has 0 heterocycles. The molecule has 0 fully saturated rings. The van der Waals surface area contributed by atoms with Crippen molar-refractivity contribution in [3.05, 3.63) is 250 Å². The van der Waals surface area contributed by atoms with Crippen LogP contribution in [0.4, 0.5) is 0 Å². The summed E-state index contributed by atoms with van der Waals surface area (Å²) in [5.41, 5.74) is 10.7. The third-order valence-corrected chi connectivity index (χ3v) is 16.7. The van der Waals surface area contributed by atoms with Crippen molar-refractivity contribution in [1.82, 2.24) is 21.3 Å². The first-order valence-electron chi connectivity index (χ1n) is 33.8. The second-order valence-electron chi connectivity index (χ2n) is 25.6. The van der Waals surface area contributed by atoms with Gasteiger partial charge in [0.2, 0.25) is 23.6 Å². The molecule has 0 bridgehead atoms. The number of carbonyl (C=O) groups excluding carboxylic acids is 9. The van der Waals surface area contributed by atoms with Crippen LogP contribution in [0, 0.1) is 37.5 Å². The fraction of sp³-hybridized carbons (Fsp3) is 0.301. The van der Waals surface area contributed by atoms with Gasteiger partial charge in [0.1, 0.15) is 17.6 Å². The summed E-state index contributed by atoms with van der Waals surface area (Å²) in [5, 5.41) is 37.7. The zero-order chi connectivity index (χ0) is 74.7. The Balaban J connectivity index is 0.000000283. The Labute approximate surface area is 596 Å². The Morgan fingerprint density at radius 3 is 1.04 bits per heavy atom. The number of amides is 4. The topological polar surface area (TPSA) is 314 Å². The molecule has 0 radical (unpaired) electrons. The van der Waals surface area contributed by atoms with Gasteiger partial charge in [0, 0.05) is 56.3 Å². The third kappa shape index (κ3) is 30.8. The van der Waals surface area contributed by atoms with Crippen molar-refractivity contribution < 1.29 is 72.9 Å². The van der Waals surface area contributed by atoms with Gasteiger partial charge in [0.15, 0.2) is 17.3 Å². The monoisotopic (exact) mass is 1380 g/mol. The number of benzene rings is 7. The molecule has 7 aromatic rings. The smallest absolute Gasteiger partial charge is 0.326 e. The van der Waals surface area contributed by atoms with E-state index in [9.17, 15) is 62.6 Å². The van der Waals surface area contributed by atoms with E-state index >= 15 is 0 Å². The number of hydrogen-bond donors (Lipinski definition) is 7. The molecule has 4 amide bonds. The summed E-state index contributed by atoms with van der Waals surface area (Å²) in [6.45, 7) is 11.2. The lowest BCUT2D eigenvalue weighted by atomic mass is 9.90. The van der Waals surface area contributed by atoms with Gasteiger partial charge in [0.05, 0.1) is 31.0 Å². The predicted octanol–water partition coefficient (Wildman–Crippen LogP) is 11.5. The lowest BCUT2D eigenvalue weighted by Crippen LogP contribution is -2.47. The summed E-state index contributed by atoms with van der Waals surface area (Å²) in [5.74, 6) is -11.6. The first-order chi connectivity index (χ1) is 48.6. The average molecular weight is 1390 g/mol. The fourth-order valence-electron chi connectivity index (χ4n) is 10.9. The normalized spacial score (nSPS) is 13.2. The molecule has 102 heavy (non-hydrogen) atoms. The van der Waals surface area contributed by atoms with Crippen LogP contribution in [0.2, 0.25) is 0 Å². The first-order valence-corrected chi connectivity index (χ1v) is 33.8. The number of carboxylic acid groups (broad SMARTS) is 3. The van der Waals surface area contributed by atoms with Crippen molar-refractivity contribution >= 4 is 94.8 Å². The number of carbonyl (C=O) groups is 12. The van der Waals surface area contributed by atoms with Crippen LogP contribution in [0.3, 0.4) is 0 Å². The highest BCUT2D eigenvalue weighted by Gasteiger charge is 2.33. The molecule has 0 aliphatic heterocycles. The van der Waals surface area contributed by atoms with Crippen LogP contribution in [-0.2, 0) is 83.2 Å². The van der Waals surface area contributed by atoms with Crippen molar-refractivity contribution in [2.75, 3.05) is 0 Å². The number of aliphatic carboxylic acids is 3. The van der Waals surface area contributed by atoms with Crippen molar-refractivity contribution in [1.29, 1.82) is 0 Å². The average Bonchev–Trinajstić information content (AvgIpc) is 0.874. The Kier molecular flexibility index (Phi) is 34.0. The molecule has 0 saturated heterocycles. The maximum Gasteiger partial charge on any atom is 0.326 e. The van der Waals surface area contributed by atoms with E-state index in [-0.39, 0.29) is 62.4 Å². The van der Waals surface area contributed by atoms with Gasteiger partial charge in [-0.05, 0) is 105 Å². The van der Waals surface area contributed by atoms with E-state index in [1.807, 2.05) is 66.7 Å². The van der Waals surface area contributed by atoms with Crippen LogP contribution >= 0.6 is 0 Å². The number of hydrogen-bond acceptors (Lipinski definition) is 12. The van der Waals surface area contributed by atoms with E-state index in [0.29, 0.717) is 6.42 Å². The van der Waals surface area contributed by atoms with Gasteiger partial charge in [-0.3, -0.25) is 47.9 Å². The van der Waals surface area contributed by atoms with Crippen LogP contribution < -0.4 is 21.3 Å². The molecule has 19 heteroatoms. The zero-order valence-corrected chi connectivity index (χ0v) is 58.7. The molecule has 0 spiro atoms. The van der Waals surface area contributed by atoms with E-state index in [1.165, 1.54) is 61.1 Å². The molecular weight excluding hydrogens is 1290 g/mol. The van der Waals surface area contributed by atoms with Crippen molar-refractivity contribution in [3.63, 3.8) is 0 Å². The van der Waals surface area contributed by atoms with E-state index in [0.717, 1.165) is 22.3 Å². The molecule has 0 aromatic heterocycles. The molecule has 0 aliphatic rings. The van der Waals surface area contributed by atoms with Crippen LogP contribution in [0.5, 0.6) is 0 Å². The number of nitrogens with one attached hydrogen (secondary N) is 4. The minimum absolute atomic E-state index is 0.000824. The summed E-state index contributed by atoms with van der Waals surface area (Å²) in [6.07, 6.45) is 7.32. The summed E-state index contributed by atoms with van der Waals surface area (Å²) < 4.78 is 0. The number of Topliss-reactive ketones (excluding diaryl/α,β-unsaturated/α-hetero) is 5. The van der Waals surface area contributed by atoms with Crippen LogP contribution in [-0.4, -0.2) is 110 Å². The molecule has 0 saturated carbocycles. The van der Waals surface area contributed by atoms with Crippen LogP contribution in [0.25, 0.3) is 24.3 Å². The van der Waals surface area contributed by atoms with E-state index in [1.54, 1.807) is 61.5 Å². The second kappa shape index (κ2) is 42.6. The van der Waals surface area contributed by atoms with Crippen LogP contribution in [0.15, 0.2) is 194 Å². The van der Waals surface area contributed by atoms with Gasteiger partial charge >= 0.3 is 17.9 Å². The standard InChI is InChI=1S/C30H36N2O7.C29H34N2O8.C24H22/c1-19(14-27(35)25(31-21(3)34)15-22-10-6-4-7-11-22)30(39)32-26(16-23-12-8-5-9-13-23)28(36)17-24(20(2)33)18-29(37)38;1-18(32)13-22(14-20-9-5-3-6-10-20)27(36)30-19(2)25(33)16-23(15-21-11-7-4-8-12-21)28(37)31-24(29(38)39)17-26(34)35;1-19-3-7-21(8-4-19)11-13-23-15-17-24(18-16-23)14-12-22-9-5-20(2)6-10-22/h4-13,19,24-26H,14-18H2,1-3H3,(H,31,34)(H,32,39)(H,37,38);3-12,19,22-24H,13-17H2,1-2H3,(H,30,36)(H,31,37)(H,34,35)(H,38,39);3-18H,1-2H3/b;;13-11+,14-12+/t19-,24+,25+,26+;19-,22-,23+,24-;/m10./s1. The van der Waals surface area contributed by atoms with Gasteiger partial charge in [-0.2, -0.15) is 0 Å². The van der Waals surface area contributed by atoms with Gasteiger partial charge in [-0.25, -0.2) is 4.79 Å². The highest BCUT2D eigenvalue weighted by Crippen LogP contribution is 2.21. The summed E-state index contributed by atoms with van der Waals surface area (Å²) in [4.78, 5) is 148. The molecule has 0 unspecified atom stereocenters. The van der Waals surface area contributed by atoms with Crippen molar-refractivity contribution in [2.24, 2.45) is 23.7 Å². The Bertz CT molecular complexity index is 3730. The number of ketones is 5. The van der Waals surface area contributed by atoms with Crippen molar-refractivity contribution in [3.8, 4) is 0 Å². The predicted molar refractivity (Wildman–Crippen MR) is 393 cm³/mol. The first kappa shape index (κ1) is 81.3. The van der Waals surface area contributed by atoms with Gasteiger partial charge < -0.3 is 41.4 Å². The summed E-state index contributed by atoms with van der Waals surface area (Å²) in [7, 11) is 0. The van der Waals surface area contributed by atoms with Gasteiger partial charge in [0.25, 0.3) is 0 Å². The molecular formula is C83H92N4O15. The molecule has 7 aromatic carbocycles. The molecule has 0 aliphatic carbocycles. The number of aryl methyl sites for hydroxylation is 2. The van der Waals surface area contributed by atoms with Crippen molar-refractivity contribution in [2.45, 2.75) is 137 Å². The van der Waals surface area contributed by atoms with Gasteiger partial charge in [-0.1, -0.05) is 236 Å². The van der Waals surface area contributed by atoms with E-state index < -0.39 is 114 Å².